The van der Waals surface area contributed by atoms with E-state index in [0.29, 0.717) is 15.2 Å². The van der Waals surface area contributed by atoms with Crippen molar-refractivity contribution in [3.8, 4) is 5.69 Å². The third-order valence-corrected chi connectivity index (χ3v) is 7.37. The van der Waals surface area contributed by atoms with Gasteiger partial charge in [-0.2, -0.15) is 0 Å². The van der Waals surface area contributed by atoms with Crippen molar-refractivity contribution in [2.75, 3.05) is 4.90 Å². The Hall–Kier alpha value is -2.86. The molecule has 2 aromatic heterocycles. The zero-order chi connectivity index (χ0) is 24.0. The van der Waals surface area contributed by atoms with Crippen LogP contribution in [0.5, 0.6) is 0 Å². The lowest BCUT2D eigenvalue weighted by Crippen LogP contribution is -2.29. The second-order valence-electron chi connectivity index (χ2n) is 8.50. The number of nitrogens with one attached hydrogen (secondary N) is 1. The van der Waals surface area contributed by atoms with E-state index in [1.807, 2.05) is 66.9 Å². The second-order valence-corrected chi connectivity index (χ2v) is 9.76. The van der Waals surface area contributed by atoms with Gasteiger partial charge in [-0.15, -0.1) is 0 Å². The van der Waals surface area contributed by atoms with Gasteiger partial charge in [-0.05, 0) is 93.1 Å². The van der Waals surface area contributed by atoms with E-state index in [2.05, 4.69) is 46.6 Å². The first kappa shape index (κ1) is 22.9. The minimum atomic E-state index is -0.114. The zero-order valence-electron chi connectivity index (χ0n) is 19.1. The summed E-state index contributed by atoms with van der Waals surface area (Å²) in [6, 6.07) is 21.5. The standard InChI is InChI=1S/C27H24Cl2N4S/c1-16-17(2)32(22-8-6-7-20(29)15-22)18(3)24(16)26-25(23-9-4-5-14-30-23)31-27(34)33(26)21-12-10-19(28)11-13-21/h4-15,25-26H,1-3H3,(H,31,34)/t25-,26-/m1/s1. The van der Waals surface area contributed by atoms with E-state index in [1.165, 1.54) is 16.8 Å². The van der Waals surface area contributed by atoms with Crippen LogP contribution in [0.4, 0.5) is 5.69 Å². The summed E-state index contributed by atoms with van der Waals surface area (Å²) in [4.78, 5) is 6.86. The molecular weight excluding hydrogens is 483 g/mol. The summed E-state index contributed by atoms with van der Waals surface area (Å²) >= 11 is 18.4. The van der Waals surface area contributed by atoms with Crippen LogP contribution in [0.15, 0.2) is 72.9 Å². The maximum Gasteiger partial charge on any atom is 0.174 e. The predicted octanol–water partition coefficient (Wildman–Crippen LogP) is 7.28. The van der Waals surface area contributed by atoms with E-state index in [1.54, 1.807) is 0 Å². The van der Waals surface area contributed by atoms with E-state index in [0.717, 1.165) is 22.8 Å². The fraction of sp³-hybridized carbons (Fsp3) is 0.185. The summed E-state index contributed by atoms with van der Waals surface area (Å²) in [5, 5.41) is 5.61. The van der Waals surface area contributed by atoms with Crippen LogP contribution in [-0.2, 0) is 0 Å². The van der Waals surface area contributed by atoms with Crippen molar-refractivity contribution in [1.29, 1.82) is 0 Å². The molecule has 0 amide bonds. The monoisotopic (exact) mass is 506 g/mol. The highest BCUT2D eigenvalue weighted by Crippen LogP contribution is 2.45. The normalized spacial score (nSPS) is 17.8. The number of anilines is 1. The highest BCUT2D eigenvalue weighted by atomic mass is 35.5. The molecule has 0 unspecified atom stereocenters. The molecule has 4 aromatic rings. The number of aromatic nitrogens is 2. The third-order valence-electron chi connectivity index (χ3n) is 6.57. The summed E-state index contributed by atoms with van der Waals surface area (Å²) in [6.45, 7) is 6.48. The smallest absolute Gasteiger partial charge is 0.174 e. The Morgan fingerprint density at radius 3 is 2.29 bits per heavy atom. The molecule has 1 aliphatic rings. The van der Waals surface area contributed by atoms with Gasteiger partial charge in [0.25, 0.3) is 0 Å². The SMILES string of the molecule is Cc1c([C@@H]2[C@@H](c3ccccn3)NC(=S)N2c2ccc(Cl)cc2)c(C)n(-c2cccc(Cl)c2)c1C. The molecule has 0 saturated carbocycles. The van der Waals surface area contributed by atoms with E-state index < -0.39 is 0 Å². The van der Waals surface area contributed by atoms with Crippen molar-refractivity contribution < 1.29 is 0 Å². The van der Waals surface area contributed by atoms with Gasteiger partial charge < -0.3 is 14.8 Å². The topological polar surface area (TPSA) is 33.1 Å². The number of hydrogen-bond donors (Lipinski definition) is 1. The van der Waals surface area contributed by atoms with Crippen LogP contribution < -0.4 is 10.2 Å². The van der Waals surface area contributed by atoms with Crippen molar-refractivity contribution in [3.63, 3.8) is 0 Å². The highest BCUT2D eigenvalue weighted by Gasteiger charge is 2.43. The predicted molar refractivity (Wildman–Crippen MR) is 144 cm³/mol. The van der Waals surface area contributed by atoms with Crippen molar-refractivity contribution in [3.05, 3.63) is 111 Å². The molecule has 3 heterocycles. The van der Waals surface area contributed by atoms with Crippen LogP contribution in [0.3, 0.4) is 0 Å². The number of hydrogen-bond acceptors (Lipinski definition) is 2. The van der Waals surface area contributed by atoms with Crippen molar-refractivity contribution in [2.45, 2.75) is 32.9 Å². The van der Waals surface area contributed by atoms with Gasteiger partial charge in [-0.1, -0.05) is 35.3 Å². The van der Waals surface area contributed by atoms with Crippen molar-refractivity contribution >= 4 is 46.2 Å². The molecule has 0 radical (unpaired) electrons. The van der Waals surface area contributed by atoms with Crippen LogP contribution in [-0.4, -0.2) is 14.7 Å². The minimum Gasteiger partial charge on any atom is -0.351 e. The summed E-state index contributed by atoms with van der Waals surface area (Å²) in [7, 11) is 0. The van der Waals surface area contributed by atoms with Gasteiger partial charge in [-0.3, -0.25) is 4.98 Å². The number of halogens is 2. The number of rotatable bonds is 4. The zero-order valence-corrected chi connectivity index (χ0v) is 21.4. The Labute approximate surface area is 215 Å². The molecule has 1 saturated heterocycles. The lowest BCUT2D eigenvalue weighted by atomic mass is 9.93. The molecule has 2 aromatic carbocycles. The Balaban J connectivity index is 1.73. The molecule has 0 spiro atoms. The summed E-state index contributed by atoms with van der Waals surface area (Å²) in [5.74, 6) is 0. The molecule has 0 bridgehead atoms. The first-order valence-electron chi connectivity index (χ1n) is 11.1. The Morgan fingerprint density at radius 1 is 0.853 bits per heavy atom. The molecule has 5 rings (SSSR count). The number of benzene rings is 2. The summed E-state index contributed by atoms with van der Waals surface area (Å²) in [6.07, 6.45) is 1.82. The fourth-order valence-electron chi connectivity index (χ4n) is 4.97. The molecule has 172 valence electrons. The Kier molecular flexibility index (Phi) is 6.11. The minimum absolute atomic E-state index is 0.0947. The van der Waals surface area contributed by atoms with Crippen molar-refractivity contribution in [1.82, 2.24) is 14.9 Å². The Morgan fingerprint density at radius 2 is 1.62 bits per heavy atom. The maximum atomic E-state index is 6.34. The van der Waals surface area contributed by atoms with Gasteiger partial charge in [0.1, 0.15) is 0 Å². The average molecular weight is 507 g/mol. The fourth-order valence-corrected chi connectivity index (χ4v) is 5.63. The van der Waals surface area contributed by atoms with Gasteiger partial charge in [0.2, 0.25) is 0 Å². The number of nitrogens with zero attached hydrogens (tertiary/aromatic N) is 3. The molecule has 1 fully saturated rings. The second kappa shape index (κ2) is 9.06. The van der Waals surface area contributed by atoms with E-state index in [4.69, 9.17) is 35.4 Å². The molecule has 1 N–H and O–H groups in total. The molecule has 2 atom stereocenters. The Bertz CT molecular complexity index is 1370. The molecule has 34 heavy (non-hydrogen) atoms. The average Bonchev–Trinajstić information content (AvgIpc) is 3.27. The lowest BCUT2D eigenvalue weighted by Gasteiger charge is -2.29. The van der Waals surface area contributed by atoms with Gasteiger partial charge >= 0.3 is 0 Å². The molecular formula is C27H24Cl2N4S. The molecule has 4 nitrogen and oxygen atoms in total. The summed E-state index contributed by atoms with van der Waals surface area (Å²) in [5.41, 5.74) is 7.72. The van der Waals surface area contributed by atoms with Gasteiger partial charge in [0.05, 0.1) is 17.8 Å². The third kappa shape index (κ3) is 3.88. The van der Waals surface area contributed by atoms with E-state index in [-0.39, 0.29) is 12.1 Å². The molecule has 7 heteroatoms. The number of pyridine rings is 1. The number of thiocarbonyl (C=S) groups is 1. The van der Waals surface area contributed by atoms with Gasteiger partial charge in [0.15, 0.2) is 5.11 Å². The first-order chi connectivity index (χ1) is 16.4. The molecule has 0 aliphatic carbocycles. The van der Waals surface area contributed by atoms with Crippen LogP contribution in [0.1, 0.15) is 40.3 Å². The first-order valence-corrected chi connectivity index (χ1v) is 12.2. The molecule has 1 aliphatic heterocycles. The largest absolute Gasteiger partial charge is 0.351 e. The van der Waals surface area contributed by atoms with Crippen LogP contribution in [0.25, 0.3) is 5.69 Å². The van der Waals surface area contributed by atoms with Crippen LogP contribution in [0.2, 0.25) is 10.0 Å². The van der Waals surface area contributed by atoms with Gasteiger partial charge in [-0.25, -0.2) is 0 Å². The van der Waals surface area contributed by atoms with E-state index >= 15 is 0 Å². The van der Waals surface area contributed by atoms with Crippen LogP contribution >= 0.6 is 35.4 Å². The summed E-state index contributed by atoms with van der Waals surface area (Å²) < 4.78 is 2.27. The van der Waals surface area contributed by atoms with Crippen LogP contribution in [0, 0.1) is 20.8 Å². The van der Waals surface area contributed by atoms with E-state index in [9.17, 15) is 0 Å². The van der Waals surface area contributed by atoms with Crippen molar-refractivity contribution in [2.24, 2.45) is 0 Å². The highest BCUT2D eigenvalue weighted by molar-refractivity contribution is 7.80. The van der Waals surface area contributed by atoms with Gasteiger partial charge in [0, 0.05) is 44.6 Å². The quantitative estimate of drug-likeness (QED) is 0.294. The lowest BCUT2D eigenvalue weighted by molar-refractivity contribution is 0.563. The maximum absolute atomic E-state index is 6.34.